The fourth-order valence-electron chi connectivity index (χ4n) is 3.84. The van der Waals surface area contributed by atoms with Crippen LogP contribution in [-0.2, 0) is 6.18 Å². The van der Waals surface area contributed by atoms with Crippen molar-refractivity contribution in [1.29, 1.82) is 0 Å². The topological polar surface area (TPSA) is 77.6 Å². The minimum absolute atomic E-state index is 0.00952. The van der Waals surface area contributed by atoms with Crippen LogP contribution in [0.5, 0.6) is 0 Å². The molecule has 0 saturated carbocycles. The van der Waals surface area contributed by atoms with Crippen LogP contribution < -0.4 is 15.5 Å². The molecule has 3 aromatic rings. The van der Waals surface area contributed by atoms with E-state index in [-0.39, 0.29) is 11.6 Å². The number of alkyl halides is 3. The molecule has 0 bridgehead atoms. The Kier molecular flexibility index (Phi) is 7.78. The number of amides is 3. The second kappa shape index (κ2) is 11.0. The summed E-state index contributed by atoms with van der Waals surface area (Å²) in [6.45, 7) is 2.55. The summed E-state index contributed by atoms with van der Waals surface area (Å²) in [6, 6.07) is 14.4. The Labute approximate surface area is 214 Å². The predicted octanol–water partition coefficient (Wildman–Crippen LogP) is 5.86. The second-order valence-corrected chi connectivity index (χ2v) is 9.12. The van der Waals surface area contributed by atoms with E-state index in [0.717, 1.165) is 35.4 Å². The second-order valence-electron chi connectivity index (χ2n) is 8.20. The molecule has 7 nitrogen and oxygen atoms in total. The molecule has 3 amide bonds. The minimum atomic E-state index is -4.44. The van der Waals surface area contributed by atoms with Gasteiger partial charge in [0.2, 0.25) is 0 Å². The zero-order valence-electron chi connectivity index (χ0n) is 19.1. The number of benzene rings is 2. The molecule has 2 N–H and O–H groups in total. The van der Waals surface area contributed by atoms with Gasteiger partial charge in [-0.05, 0) is 61.0 Å². The minimum Gasteiger partial charge on any atom is -0.355 e. The van der Waals surface area contributed by atoms with Crippen molar-refractivity contribution in [3.63, 3.8) is 0 Å². The monoisotopic (exact) mass is 561 g/mol. The highest BCUT2D eigenvalue weighted by molar-refractivity contribution is 9.10. The lowest BCUT2D eigenvalue weighted by atomic mass is 10.2. The van der Waals surface area contributed by atoms with Crippen LogP contribution in [0.4, 0.5) is 35.2 Å². The summed E-state index contributed by atoms with van der Waals surface area (Å²) in [5, 5.41) is 5.10. The molecule has 36 heavy (non-hydrogen) atoms. The van der Waals surface area contributed by atoms with Crippen molar-refractivity contribution >= 4 is 45.1 Å². The number of nitrogens with one attached hydrogen (secondary N) is 2. The highest BCUT2D eigenvalue weighted by Crippen LogP contribution is 2.29. The third kappa shape index (κ3) is 6.54. The first-order chi connectivity index (χ1) is 17.2. The van der Waals surface area contributed by atoms with Gasteiger partial charge in [-0.3, -0.25) is 4.79 Å². The molecule has 1 fully saturated rings. The van der Waals surface area contributed by atoms with Gasteiger partial charge in [-0.2, -0.15) is 13.2 Å². The molecular formula is C25H23BrF3N5O2. The van der Waals surface area contributed by atoms with Crippen molar-refractivity contribution in [2.75, 3.05) is 41.7 Å². The van der Waals surface area contributed by atoms with Crippen LogP contribution in [0.3, 0.4) is 0 Å². The highest BCUT2D eigenvalue weighted by atomic mass is 79.9. The summed E-state index contributed by atoms with van der Waals surface area (Å²) in [4.78, 5) is 33.4. The normalized spacial score (nSPS) is 14.2. The Hall–Kier alpha value is -3.60. The highest BCUT2D eigenvalue weighted by Gasteiger charge is 2.30. The van der Waals surface area contributed by atoms with Crippen LogP contribution in [0, 0.1) is 0 Å². The third-order valence-corrected chi connectivity index (χ3v) is 6.15. The SMILES string of the molecule is O=C(Nc1ccc(C(F)(F)F)cc1)Nc1ccc(N2CCCN(C(=O)c3cccc(Br)c3)CC2)nc1. The van der Waals surface area contributed by atoms with Crippen LogP contribution in [0.15, 0.2) is 71.3 Å². The van der Waals surface area contributed by atoms with E-state index in [1.54, 1.807) is 18.2 Å². The molecule has 1 aromatic heterocycles. The zero-order chi connectivity index (χ0) is 25.7. The molecule has 0 atom stereocenters. The van der Waals surface area contributed by atoms with Crippen LogP contribution >= 0.6 is 15.9 Å². The van der Waals surface area contributed by atoms with E-state index in [2.05, 4.69) is 36.4 Å². The van der Waals surface area contributed by atoms with Gasteiger partial charge in [-0.1, -0.05) is 22.0 Å². The Morgan fingerprint density at radius 3 is 2.28 bits per heavy atom. The summed E-state index contributed by atoms with van der Waals surface area (Å²) >= 11 is 3.40. The lowest BCUT2D eigenvalue weighted by Gasteiger charge is -2.23. The van der Waals surface area contributed by atoms with E-state index >= 15 is 0 Å². The van der Waals surface area contributed by atoms with Crippen molar-refractivity contribution in [2.45, 2.75) is 12.6 Å². The number of anilines is 3. The molecule has 4 rings (SSSR count). The summed E-state index contributed by atoms with van der Waals surface area (Å²) in [5.41, 5.74) is 0.518. The maximum absolute atomic E-state index is 12.9. The number of hydrogen-bond acceptors (Lipinski definition) is 4. The van der Waals surface area contributed by atoms with Gasteiger partial charge in [-0.15, -0.1) is 0 Å². The number of halogens is 4. The number of urea groups is 1. The predicted molar refractivity (Wildman–Crippen MR) is 135 cm³/mol. The lowest BCUT2D eigenvalue weighted by molar-refractivity contribution is -0.137. The van der Waals surface area contributed by atoms with E-state index in [9.17, 15) is 22.8 Å². The first-order valence-corrected chi connectivity index (χ1v) is 12.0. The number of pyridine rings is 1. The average molecular weight is 562 g/mol. The maximum Gasteiger partial charge on any atom is 0.416 e. The van der Waals surface area contributed by atoms with E-state index in [0.29, 0.717) is 30.9 Å². The van der Waals surface area contributed by atoms with Gasteiger partial charge in [0.25, 0.3) is 5.91 Å². The smallest absolute Gasteiger partial charge is 0.355 e. The van der Waals surface area contributed by atoms with Crippen molar-refractivity contribution in [2.24, 2.45) is 0 Å². The Morgan fingerprint density at radius 1 is 0.889 bits per heavy atom. The maximum atomic E-state index is 12.9. The molecule has 2 aromatic carbocycles. The van der Waals surface area contributed by atoms with Crippen LogP contribution in [0.2, 0.25) is 0 Å². The van der Waals surface area contributed by atoms with Gasteiger partial charge < -0.3 is 20.4 Å². The Morgan fingerprint density at radius 2 is 1.61 bits per heavy atom. The first-order valence-electron chi connectivity index (χ1n) is 11.2. The third-order valence-electron chi connectivity index (χ3n) is 5.65. The number of hydrogen-bond donors (Lipinski definition) is 2. The molecule has 11 heteroatoms. The van der Waals surface area contributed by atoms with Gasteiger partial charge in [-0.25, -0.2) is 9.78 Å². The fourth-order valence-corrected chi connectivity index (χ4v) is 4.24. The van der Waals surface area contributed by atoms with Gasteiger partial charge in [0.05, 0.1) is 17.4 Å². The van der Waals surface area contributed by atoms with Crippen molar-refractivity contribution in [3.8, 4) is 0 Å². The molecule has 1 aliphatic heterocycles. The van der Waals surface area contributed by atoms with Gasteiger partial charge in [0.15, 0.2) is 0 Å². The van der Waals surface area contributed by atoms with Gasteiger partial charge in [0, 0.05) is 41.9 Å². The Balaban J connectivity index is 1.31. The number of aromatic nitrogens is 1. The fraction of sp³-hybridized carbons (Fsp3) is 0.240. The first kappa shape index (κ1) is 25.5. The molecular weight excluding hydrogens is 539 g/mol. The summed E-state index contributed by atoms with van der Waals surface area (Å²) in [6.07, 6.45) is -2.14. The van der Waals surface area contributed by atoms with Crippen LogP contribution in [0.25, 0.3) is 0 Å². The van der Waals surface area contributed by atoms with Crippen LogP contribution in [-0.4, -0.2) is 48.0 Å². The summed E-state index contributed by atoms with van der Waals surface area (Å²) in [7, 11) is 0. The average Bonchev–Trinajstić information content (AvgIpc) is 3.10. The van der Waals surface area contributed by atoms with Crippen molar-refractivity contribution in [1.82, 2.24) is 9.88 Å². The number of rotatable bonds is 4. The Bertz CT molecular complexity index is 1220. The molecule has 0 unspecified atom stereocenters. The quantitative estimate of drug-likeness (QED) is 0.418. The number of nitrogens with zero attached hydrogens (tertiary/aromatic N) is 3. The van der Waals surface area contributed by atoms with E-state index in [4.69, 9.17) is 0 Å². The summed E-state index contributed by atoms with van der Waals surface area (Å²) in [5.74, 6) is 0.713. The van der Waals surface area contributed by atoms with Crippen molar-refractivity contribution in [3.05, 3.63) is 82.5 Å². The van der Waals surface area contributed by atoms with Gasteiger partial charge >= 0.3 is 12.2 Å². The summed E-state index contributed by atoms with van der Waals surface area (Å²) < 4.78 is 38.9. The molecule has 0 radical (unpaired) electrons. The standard InChI is InChI=1S/C25H23BrF3N5O2/c26-19-4-1-3-17(15-19)23(35)34-12-2-11-33(13-14-34)22-10-9-21(16-30-22)32-24(36)31-20-7-5-18(6-8-20)25(27,28)29/h1,3-10,15-16H,2,11-14H2,(H2,31,32,36). The largest absolute Gasteiger partial charge is 0.416 e. The number of carbonyl (C=O) groups excluding carboxylic acids is 2. The van der Waals surface area contributed by atoms with Crippen LogP contribution in [0.1, 0.15) is 22.3 Å². The molecule has 0 spiro atoms. The molecule has 1 aliphatic rings. The molecule has 1 saturated heterocycles. The molecule has 2 heterocycles. The number of carbonyl (C=O) groups is 2. The van der Waals surface area contributed by atoms with E-state index in [1.165, 1.54) is 18.3 Å². The van der Waals surface area contributed by atoms with E-state index in [1.807, 2.05) is 23.1 Å². The molecule has 0 aliphatic carbocycles. The van der Waals surface area contributed by atoms with E-state index < -0.39 is 17.8 Å². The zero-order valence-corrected chi connectivity index (χ0v) is 20.6. The molecule has 188 valence electrons. The van der Waals surface area contributed by atoms with Gasteiger partial charge in [0.1, 0.15) is 5.82 Å². The van der Waals surface area contributed by atoms with Crippen molar-refractivity contribution < 1.29 is 22.8 Å². The lowest BCUT2D eigenvalue weighted by Crippen LogP contribution is -2.35.